The van der Waals surface area contributed by atoms with Crippen LogP contribution in [0.5, 0.6) is 0 Å². The molecule has 1 saturated carbocycles. The number of aryl methyl sites for hydroxylation is 2. The van der Waals surface area contributed by atoms with E-state index < -0.39 is 34.6 Å². The molecule has 3 rings (SSSR count). The number of hydrogen-bond acceptors (Lipinski definition) is 2. The first kappa shape index (κ1) is 18.3. The molecule has 4 nitrogen and oxygen atoms in total. The van der Waals surface area contributed by atoms with Crippen LogP contribution in [0, 0.1) is 30.9 Å². The first-order chi connectivity index (χ1) is 12.2. The summed E-state index contributed by atoms with van der Waals surface area (Å²) in [5, 5.41) is 5.26. The number of rotatable bonds is 4. The molecule has 0 aromatic heterocycles. The number of anilines is 2. The summed E-state index contributed by atoms with van der Waals surface area (Å²) in [6.45, 7) is 3.67. The summed E-state index contributed by atoms with van der Waals surface area (Å²) >= 11 is 6.19. The Balaban J connectivity index is 1.80. The van der Waals surface area contributed by atoms with E-state index in [0.29, 0.717) is 23.6 Å². The Bertz CT molecular complexity index is 867. The summed E-state index contributed by atoms with van der Waals surface area (Å²) < 4.78 is 27.5. The van der Waals surface area contributed by atoms with Crippen LogP contribution in [0.2, 0.25) is 5.02 Å². The zero-order valence-corrected chi connectivity index (χ0v) is 15.0. The fourth-order valence-corrected chi connectivity index (χ4v) is 3.21. The third-order valence-electron chi connectivity index (χ3n) is 4.49. The van der Waals surface area contributed by atoms with Crippen molar-refractivity contribution in [2.75, 3.05) is 10.6 Å². The first-order valence-electron chi connectivity index (χ1n) is 8.08. The molecule has 0 saturated heterocycles. The summed E-state index contributed by atoms with van der Waals surface area (Å²) in [6, 6.07) is 6.83. The van der Waals surface area contributed by atoms with Crippen molar-refractivity contribution in [3.05, 3.63) is 58.1 Å². The molecule has 0 atom stereocenters. The van der Waals surface area contributed by atoms with Crippen molar-refractivity contribution in [1.29, 1.82) is 0 Å². The molecular formula is C19H17ClF2N2O2. The van der Waals surface area contributed by atoms with Gasteiger partial charge in [0, 0.05) is 0 Å². The van der Waals surface area contributed by atoms with Crippen molar-refractivity contribution in [1.82, 2.24) is 0 Å². The van der Waals surface area contributed by atoms with Crippen LogP contribution in [0.3, 0.4) is 0 Å². The van der Waals surface area contributed by atoms with E-state index in [0.717, 1.165) is 23.3 Å². The Morgan fingerprint density at radius 2 is 1.54 bits per heavy atom. The molecule has 2 aromatic rings. The van der Waals surface area contributed by atoms with Gasteiger partial charge in [0.15, 0.2) is 0 Å². The van der Waals surface area contributed by atoms with Gasteiger partial charge in [-0.15, -0.1) is 0 Å². The number of nitrogens with one attached hydrogen (secondary N) is 2. The molecule has 0 heterocycles. The molecule has 0 radical (unpaired) electrons. The lowest BCUT2D eigenvalue weighted by molar-refractivity contribution is -0.131. The Hall–Kier alpha value is -2.47. The van der Waals surface area contributed by atoms with Crippen molar-refractivity contribution in [3.63, 3.8) is 0 Å². The van der Waals surface area contributed by atoms with Gasteiger partial charge in [0.1, 0.15) is 22.7 Å². The highest BCUT2D eigenvalue weighted by Crippen LogP contribution is 2.48. The van der Waals surface area contributed by atoms with E-state index in [2.05, 4.69) is 10.6 Å². The number of carbonyl (C=O) groups excluding carboxylic acids is 2. The Labute approximate surface area is 154 Å². The van der Waals surface area contributed by atoms with Gasteiger partial charge in [0.25, 0.3) is 0 Å². The predicted octanol–water partition coefficient (Wildman–Crippen LogP) is 4.59. The molecule has 136 valence electrons. The molecule has 1 aliphatic rings. The van der Waals surface area contributed by atoms with Crippen LogP contribution in [0.1, 0.15) is 24.0 Å². The van der Waals surface area contributed by atoms with Crippen LogP contribution in [0.4, 0.5) is 20.2 Å². The zero-order chi connectivity index (χ0) is 19.1. The van der Waals surface area contributed by atoms with Crippen molar-refractivity contribution >= 4 is 34.8 Å². The topological polar surface area (TPSA) is 58.2 Å². The van der Waals surface area contributed by atoms with E-state index in [1.54, 1.807) is 13.0 Å². The number of para-hydroxylation sites is 1. The lowest BCUT2D eigenvalue weighted by Crippen LogP contribution is -2.36. The van der Waals surface area contributed by atoms with Crippen molar-refractivity contribution < 1.29 is 18.4 Å². The number of amides is 2. The maximum Gasteiger partial charge on any atom is 0.240 e. The number of carbonyl (C=O) groups is 2. The lowest BCUT2D eigenvalue weighted by atomic mass is 10.0. The molecule has 2 N–H and O–H groups in total. The van der Waals surface area contributed by atoms with E-state index in [4.69, 9.17) is 11.6 Å². The van der Waals surface area contributed by atoms with Gasteiger partial charge in [-0.2, -0.15) is 0 Å². The van der Waals surface area contributed by atoms with Gasteiger partial charge in [-0.3, -0.25) is 9.59 Å². The molecule has 1 fully saturated rings. The monoisotopic (exact) mass is 378 g/mol. The molecule has 1 aliphatic carbocycles. The Kier molecular flexibility index (Phi) is 4.71. The third-order valence-corrected chi connectivity index (χ3v) is 4.79. The minimum absolute atomic E-state index is 0.295. The number of halogens is 3. The molecular weight excluding hydrogens is 362 g/mol. The highest BCUT2D eigenvalue weighted by atomic mass is 35.5. The lowest BCUT2D eigenvalue weighted by Gasteiger charge is -2.18. The molecule has 2 amide bonds. The average Bonchev–Trinajstić information content (AvgIpc) is 3.36. The minimum Gasteiger partial charge on any atom is -0.324 e. The van der Waals surface area contributed by atoms with E-state index >= 15 is 0 Å². The molecule has 26 heavy (non-hydrogen) atoms. The maximum absolute atomic E-state index is 13.7. The standard InChI is InChI=1S/C19H17ClF2N2O2/c1-10-8-11(2)15(12(20)9-10)23-17(25)19(6-7-19)18(26)24-16-13(21)4-3-5-14(16)22/h3-5,8-9H,6-7H2,1-2H3,(H,23,25)(H,24,26). The van der Waals surface area contributed by atoms with E-state index in [1.807, 2.05) is 13.0 Å². The molecule has 2 aromatic carbocycles. The summed E-state index contributed by atoms with van der Waals surface area (Å²) in [5.74, 6) is -3.07. The van der Waals surface area contributed by atoms with Crippen molar-refractivity contribution in [3.8, 4) is 0 Å². The summed E-state index contributed by atoms with van der Waals surface area (Å²) in [5.41, 5.74) is 0.230. The van der Waals surface area contributed by atoms with Gasteiger partial charge in [0.05, 0.1) is 10.7 Å². The van der Waals surface area contributed by atoms with Gasteiger partial charge < -0.3 is 10.6 Å². The average molecular weight is 379 g/mol. The van der Waals surface area contributed by atoms with Crippen LogP contribution in [-0.2, 0) is 9.59 Å². The van der Waals surface area contributed by atoms with E-state index in [9.17, 15) is 18.4 Å². The second-order valence-electron chi connectivity index (χ2n) is 6.53. The van der Waals surface area contributed by atoms with Crippen LogP contribution < -0.4 is 10.6 Å². The van der Waals surface area contributed by atoms with Crippen molar-refractivity contribution in [2.24, 2.45) is 5.41 Å². The molecule has 0 aliphatic heterocycles. The summed E-state index contributed by atoms with van der Waals surface area (Å²) in [7, 11) is 0. The number of hydrogen-bond donors (Lipinski definition) is 2. The van der Waals surface area contributed by atoms with Gasteiger partial charge in [0.2, 0.25) is 11.8 Å². The molecule has 0 spiro atoms. The normalized spacial score (nSPS) is 14.7. The SMILES string of the molecule is Cc1cc(C)c(NC(=O)C2(C(=O)Nc3c(F)cccc3F)CC2)c(Cl)c1. The van der Waals surface area contributed by atoms with Crippen LogP contribution in [0.25, 0.3) is 0 Å². The van der Waals surface area contributed by atoms with Crippen LogP contribution in [0.15, 0.2) is 30.3 Å². The second-order valence-corrected chi connectivity index (χ2v) is 6.93. The molecule has 0 unspecified atom stereocenters. The van der Waals surface area contributed by atoms with Gasteiger partial charge >= 0.3 is 0 Å². The second kappa shape index (κ2) is 6.68. The fourth-order valence-electron chi connectivity index (χ4n) is 2.84. The Morgan fingerprint density at radius 1 is 1.00 bits per heavy atom. The zero-order valence-electron chi connectivity index (χ0n) is 14.3. The summed E-state index contributed by atoms with van der Waals surface area (Å²) in [4.78, 5) is 25.2. The third kappa shape index (κ3) is 3.29. The van der Waals surface area contributed by atoms with Gasteiger partial charge in [-0.05, 0) is 56.0 Å². The molecule has 7 heteroatoms. The summed E-state index contributed by atoms with van der Waals surface area (Å²) in [6.07, 6.45) is 0.590. The number of benzene rings is 2. The Morgan fingerprint density at radius 3 is 2.04 bits per heavy atom. The smallest absolute Gasteiger partial charge is 0.240 e. The maximum atomic E-state index is 13.7. The fraction of sp³-hybridized carbons (Fsp3) is 0.263. The largest absolute Gasteiger partial charge is 0.324 e. The van der Waals surface area contributed by atoms with Crippen LogP contribution >= 0.6 is 11.6 Å². The van der Waals surface area contributed by atoms with Gasteiger partial charge in [-0.1, -0.05) is 23.7 Å². The molecule has 0 bridgehead atoms. The van der Waals surface area contributed by atoms with E-state index in [1.165, 1.54) is 6.07 Å². The minimum atomic E-state index is -1.35. The van der Waals surface area contributed by atoms with Crippen LogP contribution in [-0.4, -0.2) is 11.8 Å². The first-order valence-corrected chi connectivity index (χ1v) is 8.46. The van der Waals surface area contributed by atoms with Crippen molar-refractivity contribution in [2.45, 2.75) is 26.7 Å². The van der Waals surface area contributed by atoms with E-state index in [-0.39, 0.29) is 0 Å². The predicted molar refractivity (Wildman–Crippen MR) is 96.2 cm³/mol. The highest BCUT2D eigenvalue weighted by molar-refractivity contribution is 6.34. The highest BCUT2D eigenvalue weighted by Gasteiger charge is 2.57. The quantitative estimate of drug-likeness (QED) is 0.764. The van der Waals surface area contributed by atoms with Gasteiger partial charge in [-0.25, -0.2) is 8.78 Å².